The molecule has 1 aromatic carbocycles. The SMILES string of the molecule is CCc1oc2ccc(OC)cc2c1O. The molecule has 3 heteroatoms. The van der Waals surface area contributed by atoms with Gasteiger partial charge in [-0.25, -0.2) is 0 Å². The molecule has 0 amide bonds. The molecule has 0 atom stereocenters. The first-order valence-corrected chi connectivity index (χ1v) is 4.54. The minimum atomic E-state index is 0.224. The Kier molecular flexibility index (Phi) is 2.08. The highest BCUT2D eigenvalue weighted by molar-refractivity contribution is 5.86. The summed E-state index contributed by atoms with van der Waals surface area (Å²) < 4.78 is 10.5. The van der Waals surface area contributed by atoms with E-state index >= 15 is 0 Å². The summed E-state index contributed by atoms with van der Waals surface area (Å²) >= 11 is 0. The highest BCUT2D eigenvalue weighted by Crippen LogP contribution is 2.34. The fourth-order valence-electron chi connectivity index (χ4n) is 1.48. The Bertz CT molecular complexity index is 457. The van der Waals surface area contributed by atoms with Crippen molar-refractivity contribution in [2.75, 3.05) is 7.11 Å². The number of aromatic hydroxyl groups is 1. The van der Waals surface area contributed by atoms with Crippen molar-refractivity contribution >= 4 is 11.0 Å². The zero-order valence-corrected chi connectivity index (χ0v) is 8.20. The second-order valence-corrected chi connectivity index (χ2v) is 3.09. The number of fused-ring (bicyclic) bond motifs is 1. The third-order valence-corrected chi connectivity index (χ3v) is 2.26. The average molecular weight is 192 g/mol. The van der Waals surface area contributed by atoms with Crippen LogP contribution in [0.4, 0.5) is 0 Å². The van der Waals surface area contributed by atoms with Crippen LogP contribution >= 0.6 is 0 Å². The van der Waals surface area contributed by atoms with E-state index in [9.17, 15) is 5.11 Å². The molecule has 1 heterocycles. The molecule has 3 nitrogen and oxygen atoms in total. The lowest BCUT2D eigenvalue weighted by atomic mass is 10.2. The molecule has 0 aliphatic carbocycles. The molecule has 0 bridgehead atoms. The Hall–Kier alpha value is -1.64. The van der Waals surface area contributed by atoms with E-state index < -0.39 is 0 Å². The first kappa shape index (κ1) is 8.94. The number of aryl methyl sites for hydroxylation is 1. The highest BCUT2D eigenvalue weighted by Gasteiger charge is 2.11. The van der Waals surface area contributed by atoms with Crippen LogP contribution in [0.5, 0.6) is 11.5 Å². The van der Waals surface area contributed by atoms with Crippen LogP contribution in [-0.4, -0.2) is 12.2 Å². The molecule has 0 fully saturated rings. The molecule has 0 radical (unpaired) electrons. The van der Waals surface area contributed by atoms with Crippen molar-refractivity contribution in [3.05, 3.63) is 24.0 Å². The van der Waals surface area contributed by atoms with E-state index in [1.807, 2.05) is 13.0 Å². The molecule has 74 valence electrons. The smallest absolute Gasteiger partial charge is 0.165 e. The summed E-state index contributed by atoms with van der Waals surface area (Å²) in [6.45, 7) is 1.94. The van der Waals surface area contributed by atoms with Crippen LogP contribution in [-0.2, 0) is 6.42 Å². The number of hydrogen-bond acceptors (Lipinski definition) is 3. The minimum absolute atomic E-state index is 0.224. The molecule has 0 unspecified atom stereocenters. The van der Waals surface area contributed by atoms with Crippen molar-refractivity contribution in [1.82, 2.24) is 0 Å². The van der Waals surface area contributed by atoms with Crippen molar-refractivity contribution in [2.24, 2.45) is 0 Å². The van der Waals surface area contributed by atoms with Gasteiger partial charge < -0.3 is 14.3 Å². The predicted molar refractivity (Wildman–Crippen MR) is 53.8 cm³/mol. The molecular weight excluding hydrogens is 180 g/mol. The summed E-state index contributed by atoms with van der Waals surface area (Å²) in [6.07, 6.45) is 0.683. The largest absolute Gasteiger partial charge is 0.504 e. The van der Waals surface area contributed by atoms with Gasteiger partial charge >= 0.3 is 0 Å². The van der Waals surface area contributed by atoms with Gasteiger partial charge in [0.15, 0.2) is 5.75 Å². The Morgan fingerprint density at radius 3 is 2.86 bits per heavy atom. The van der Waals surface area contributed by atoms with E-state index in [-0.39, 0.29) is 5.75 Å². The standard InChI is InChI=1S/C11H12O3/c1-3-9-11(12)8-6-7(13-2)4-5-10(8)14-9/h4-6,12H,3H2,1-2H3. The number of furan rings is 1. The number of hydrogen-bond donors (Lipinski definition) is 1. The lowest BCUT2D eigenvalue weighted by Gasteiger charge is -1.97. The quantitative estimate of drug-likeness (QED) is 0.795. The zero-order valence-electron chi connectivity index (χ0n) is 8.20. The molecule has 0 saturated carbocycles. The monoisotopic (exact) mass is 192 g/mol. The molecule has 0 aliphatic heterocycles. The van der Waals surface area contributed by atoms with E-state index in [1.54, 1.807) is 19.2 Å². The topological polar surface area (TPSA) is 42.6 Å². The van der Waals surface area contributed by atoms with Crippen LogP contribution in [0.3, 0.4) is 0 Å². The van der Waals surface area contributed by atoms with Crippen molar-refractivity contribution in [3.63, 3.8) is 0 Å². The van der Waals surface area contributed by atoms with Gasteiger partial charge in [0.05, 0.1) is 12.5 Å². The third kappa shape index (κ3) is 1.21. The predicted octanol–water partition coefficient (Wildman–Crippen LogP) is 2.71. The molecule has 0 spiro atoms. The first-order valence-electron chi connectivity index (χ1n) is 4.54. The molecule has 1 N–H and O–H groups in total. The summed E-state index contributed by atoms with van der Waals surface area (Å²) in [5.74, 6) is 1.56. The van der Waals surface area contributed by atoms with Gasteiger partial charge in [-0.05, 0) is 18.2 Å². The summed E-state index contributed by atoms with van der Waals surface area (Å²) in [5.41, 5.74) is 0.695. The highest BCUT2D eigenvalue weighted by atomic mass is 16.5. The molecule has 0 saturated heterocycles. The molecule has 2 aromatic rings. The Balaban J connectivity index is 2.68. The number of ether oxygens (including phenoxy) is 1. The molecular formula is C11H12O3. The maximum atomic E-state index is 9.76. The maximum Gasteiger partial charge on any atom is 0.165 e. The van der Waals surface area contributed by atoms with Gasteiger partial charge in [-0.15, -0.1) is 0 Å². The normalized spacial score (nSPS) is 10.7. The minimum Gasteiger partial charge on any atom is -0.504 e. The zero-order chi connectivity index (χ0) is 10.1. The van der Waals surface area contributed by atoms with Crippen molar-refractivity contribution in [2.45, 2.75) is 13.3 Å². The molecule has 0 aliphatic rings. The van der Waals surface area contributed by atoms with Gasteiger partial charge in [0.25, 0.3) is 0 Å². The van der Waals surface area contributed by atoms with Crippen LogP contribution in [0.25, 0.3) is 11.0 Å². The van der Waals surface area contributed by atoms with E-state index in [0.29, 0.717) is 23.2 Å². The summed E-state index contributed by atoms with van der Waals surface area (Å²) in [4.78, 5) is 0. The van der Waals surface area contributed by atoms with E-state index in [4.69, 9.17) is 9.15 Å². The van der Waals surface area contributed by atoms with Crippen molar-refractivity contribution < 1.29 is 14.3 Å². The summed E-state index contributed by atoms with van der Waals surface area (Å²) in [5, 5.41) is 10.5. The van der Waals surface area contributed by atoms with Crippen LogP contribution in [0.1, 0.15) is 12.7 Å². The van der Waals surface area contributed by atoms with Crippen LogP contribution < -0.4 is 4.74 Å². The van der Waals surface area contributed by atoms with Gasteiger partial charge in [-0.3, -0.25) is 0 Å². The van der Waals surface area contributed by atoms with Gasteiger partial charge in [-0.2, -0.15) is 0 Å². The van der Waals surface area contributed by atoms with Crippen LogP contribution in [0.2, 0.25) is 0 Å². The van der Waals surface area contributed by atoms with E-state index in [0.717, 1.165) is 5.75 Å². The lowest BCUT2D eigenvalue weighted by Crippen LogP contribution is -1.80. The van der Waals surface area contributed by atoms with Gasteiger partial charge in [0.1, 0.15) is 17.1 Å². The number of rotatable bonds is 2. The van der Waals surface area contributed by atoms with Crippen molar-refractivity contribution in [1.29, 1.82) is 0 Å². The fraction of sp³-hybridized carbons (Fsp3) is 0.273. The number of benzene rings is 1. The first-order chi connectivity index (χ1) is 6.76. The van der Waals surface area contributed by atoms with E-state index in [1.165, 1.54) is 0 Å². The molecule has 2 rings (SSSR count). The Morgan fingerprint density at radius 1 is 1.43 bits per heavy atom. The number of methoxy groups -OCH3 is 1. The van der Waals surface area contributed by atoms with Crippen LogP contribution in [0, 0.1) is 0 Å². The van der Waals surface area contributed by atoms with Gasteiger partial charge in [0, 0.05) is 6.42 Å². The van der Waals surface area contributed by atoms with Gasteiger partial charge in [0.2, 0.25) is 0 Å². The summed E-state index contributed by atoms with van der Waals surface area (Å²) in [7, 11) is 1.60. The maximum absolute atomic E-state index is 9.76. The Morgan fingerprint density at radius 2 is 2.21 bits per heavy atom. The van der Waals surface area contributed by atoms with Crippen molar-refractivity contribution in [3.8, 4) is 11.5 Å². The molecule has 14 heavy (non-hydrogen) atoms. The second kappa shape index (κ2) is 3.25. The fourth-order valence-corrected chi connectivity index (χ4v) is 1.48. The second-order valence-electron chi connectivity index (χ2n) is 3.09. The van der Waals surface area contributed by atoms with Gasteiger partial charge in [-0.1, -0.05) is 6.92 Å². The third-order valence-electron chi connectivity index (χ3n) is 2.26. The van der Waals surface area contributed by atoms with E-state index in [2.05, 4.69) is 0 Å². The van der Waals surface area contributed by atoms with Crippen LogP contribution in [0.15, 0.2) is 22.6 Å². The Labute approximate surface area is 81.9 Å². The lowest BCUT2D eigenvalue weighted by molar-refractivity contribution is 0.415. The molecule has 1 aromatic heterocycles. The summed E-state index contributed by atoms with van der Waals surface area (Å²) in [6, 6.07) is 5.38. The average Bonchev–Trinajstić information content (AvgIpc) is 2.55.